The molecule has 5 heteroatoms. The van der Waals surface area contributed by atoms with Gasteiger partial charge in [-0.05, 0) is 58.4 Å². The zero-order chi connectivity index (χ0) is 35.3. The smallest absolute Gasteiger partial charge is 0.160 e. The molecule has 1 aliphatic rings. The highest BCUT2D eigenvalue weighted by molar-refractivity contribution is 7.04. The molecule has 0 fully saturated rings. The molecule has 0 saturated heterocycles. The average Bonchev–Trinajstić information content (AvgIpc) is 3.82. The maximum absolute atomic E-state index is 5.38. The van der Waals surface area contributed by atoms with Gasteiger partial charge in [-0.2, -0.15) is 0 Å². The molecule has 0 saturated carbocycles. The molecule has 53 heavy (non-hydrogen) atoms. The zero-order valence-corrected chi connectivity index (χ0v) is 30.5. The molecule has 0 spiro atoms. The monoisotopic (exact) mass is 694 g/mol. The number of rotatable bonds is 4. The highest BCUT2D eigenvalue weighted by atomic mass is 28.3. The lowest BCUT2D eigenvalue weighted by Gasteiger charge is -2.22. The van der Waals surface area contributed by atoms with Crippen LogP contribution in [0.5, 0.6) is 0 Å². The Bertz CT molecular complexity index is 3070. The van der Waals surface area contributed by atoms with Crippen LogP contribution in [0.2, 0.25) is 13.1 Å². The average molecular weight is 695 g/mol. The molecular weight excluding hydrogens is 661 g/mol. The summed E-state index contributed by atoms with van der Waals surface area (Å²) in [5.41, 5.74) is 12.6. The number of benzene rings is 7. The summed E-state index contributed by atoms with van der Waals surface area (Å²) in [6.07, 6.45) is 0. The van der Waals surface area contributed by atoms with Crippen molar-refractivity contribution in [3.05, 3.63) is 170 Å². The quantitative estimate of drug-likeness (QED) is 0.172. The number of nitrogens with zero attached hydrogens (tertiary/aromatic N) is 4. The summed E-state index contributed by atoms with van der Waals surface area (Å²) in [7, 11) is -2.09. The fourth-order valence-electron chi connectivity index (χ4n) is 8.94. The summed E-state index contributed by atoms with van der Waals surface area (Å²) in [5, 5.41) is 7.74. The van der Waals surface area contributed by atoms with Gasteiger partial charge < -0.3 is 9.13 Å². The van der Waals surface area contributed by atoms with E-state index in [1.807, 2.05) is 6.07 Å². The van der Waals surface area contributed by atoms with Crippen LogP contribution in [0.1, 0.15) is 0 Å². The first-order valence-electron chi connectivity index (χ1n) is 18.3. The van der Waals surface area contributed by atoms with Gasteiger partial charge in [-0.1, -0.05) is 140 Å². The lowest BCUT2D eigenvalue weighted by atomic mass is 10.1. The van der Waals surface area contributed by atoms with E-state index in [1.54, 1.807) is 0 Å². The molecule has 250 valence electrons. The van der Waals surface area contributed by atoms with Crippen molar-refractivity contribution in [1.82, 2.24) is 19.1 Å². The molecule has 1 aliphatic heterocycles. The van der Waals surface area contributed by atoms with Crippen molar-refractivity contribution in [2.24, 2.45) is 0 Å². The van der Waals surface area contributed by atoms with E-state index < -0.39 is 8.07 Å². The van der Waals surface area contributed by atoms with Crippen molar-refractivity contribution in [1.29, 1.82) is 0 Å². The topological polar surface area (TPSA) is 35.6 Å². The molecule has 0 atom stereocenters. The molecule has 10 aromatic rings. The van der Waals surface area contributed by atoms with Gasteiger partial charge in [0.25, 0.3) is 0 Å². The van der Waals surface area contributed by atoms with Gasteiger partial charge in [-0.3, -0.25) is 0 Å². The first kappa shape index (κ1) is 30.1. The van der Waals surface area contributed by atoms with Crippen molar-refractivity contribution >= 4 is 62.1 Å². The Balaban J connectivity index is 1.16. The van der Waals surface area contributed by atoms with Crippen LogP contribution in [0.4, 0.5) is 0 Å². The molecule has 0 aliphatic carbocycles. The Kier molecular flexibility index (Phi) is 6.37. The summed E-state index contributed by atoms with van der Waals surface area (Å²) >= 11 is 0. The Morgan fingerprint density at radius 2 is 1.04 bits per heavy atom. The van der Waals surface area contributed by atoms with Crippen molar-refractivity contribution in [2.45, 2.75) is 13.1 Å². The minimum atomic E-state index is -2.09. The van der Waals surface area contributed by atoms with Gasteiger partial charge in [0.15, 0.2) is 5.82 Å². The molecule has 4 nitrogen and oxygen atoms in total. The van der Waals surface area contributed by atoms with Gasteiger partial charge in [0.2, 0.25) is 0 Å². The molecular formula is C48H34N4Si. The fraction of sp³-hybridized carbons (Fsp3) is 0.0417. The third-order valence-electron chi connectivity index (χ3n) is 11.3. The largest absolute Gasteiger partial charge is 0.309 e. The number of para-hydroxylation sites is 3. The molecule has 0 amide bonds. The van der Waals surface area contributed by atoms with Crippen LogP contribution < -0.4 is 10.4 Å². The van der Waals surface area contributed by atoms with E-state index in [0.717, 1.165) is 39.7 Å². The summed E-state index contributed by atoms with van der Waals surface area (Å²) in [4.78, 5) is 10.6. The summed E-state index contributed by atoms with van der Waals surface area (Å²) in [6.45, 7) is 4.88. The second-order valence-corrected chi connectivity index (χ2v) is 18.9. The van der Waals surface area contributed by atoms with E-state index in [2.05, 4.69) is 186 Å². The molecule has 0 N–H and O–H groups in total. The lowest BCUT2D eigenvalue weighted by Crippen LogP contribution is -2.50. The highest BCUT2D eigenvalue weighted by Gasteiger charge is 2.41. The van der Waals surface area contributed by atoms with E-state index >= 15 is 0 Å². The standard InChI is InChI=1S/C48H34N4Si/c1-53(2)42-24-14-11-21-38(42)45-47(53)44(49-48(50-45)32-15-5-3-6-16-32)31-25-27-34(28-26-31)52-39-22-12-9-19-35(39)36-29-30-41-43(46(36)52)37-20-10-13-23-40(37)51(41)33-17-7-4-8-18-33/h3-30H,1-2H3. The first-order chi connectivity index (χ1) is 26.1. The minimum Gasteiger partial charge on any atom is -0.309 e. The highest BCUT2D eigenvalue weighted by Crippen LogP contribution is 2.42. The van der Waals surface area contributed by atoms with E-state index in [1.165, 1.54) is 59.5 Å². The molecule has 3 aromatic heterocycles. The Morgan fingerprint density at radius 1 is 0.434 bits per heavy atom. The Hall–Kier alpha value is -6.56. The van der Waals surface area contributed by atoms with E-state index in [-0.39, 0.29) is 0 Å². The van der Waals surface area contributed by atoms with Crippen LogP contribution in [0.25, 0.3) is 88.9 Å². The van der Waals surface area contributed by atoms with E-state index in [0.29, 0.717) is 0 Å². The SMILES string of the molecule is C[Si]1(C)c2ccccc2-c2nc(-c3ccccc3)nc(-c3ccc(-n4c5ccccc5c5ccc6c(c7ccccc7n6-c6ccccc6)c54)cc3)c21. The third-order valence-corrected chi connectivity index (χ3v) is 14.8. The maximum atomic E-state index is 5.38. The van der Waals surface area contributed by atoms with Crippen molar-refractivity contribution < 1.29 is 0 Å². The maximum Gasteiger partial charge on any atom is 0.160 e. The van der Waals surface area contributed by atoms with Crippen LogP contribution in [0.15, 0.2) is 170 Å². The van der Waals surface area contributed by atoms with Crippen LogP contribution in [-0.2, 0) is 0 Å². The Morgan fingerprint density at radius 3 is 1.81 bits per heavy atom. The van der Waals surface area contributed by atoms with Gasteiger partial charge in [-0.15, -0.1) is 0 Å². The molecule has 4 heterocycles. The van der Waals surface area contributed by atoms with Crippen molar-refractivity contribution in [2.75, 3.05) is 0 Å². The normalized spacial score (nSPS) is 13.2. The number of aromatic nitrogens is 4. The van der Waals surface area contributed by atoms with E-state index in [9.17, 15) is 0 Å². The number of hydrogen-bond acceptors (Lipinski definition) is 2. The van der Waals surface area contributed by atoms with Gasteiger partial charge in [0.1, 0.15) is 8.07 Å². The second kappa shape index (κ2) is 11.2. The summed E-state index contributed by atoms with van der Waals surface area (Å²) in [6, 6.07) is 61.3. The van der Waals surface area contributed by atoms with Crippen molar-refractivity contribution in [3.63, 3.8) is 0 Å². The minimum absolute atomic E-state index is 0.768. The van der Waals surface area contributed by atoms with Crippen LogP contribution in [0.3, 0.4) is 0 Å². The number of fused-ring (bicyclic) bond motifs is 10. The zero-order valence-electron chi connectivity index (χ0n) is 29.5. The predicted molar refractivity (Wildman–Crippen MR) is 224 cm³/mol. The Labute approximate surface area is 308 Å². The van der Waals surface area contributed by atoms with E-state index in [4.69, 9.17) is 9.97 Å². The summed E-state index contributed by atoms with van der Waals surface area (Å²) < 4.78 is 4.87. The fourth-order valence-corrected chi connectivity index (χ4v) is 12.2. The first-order valence-corrected chi connectivity index (χ1v) is 21.3. The van der Waals surface area contributed by atoms with Crippen LogP contribution >= 0.6 is 0 Å². The second-order valence-electron chi connectivity index (χ2n) is 14.6. The molecule has 7 aromatic carbocycles. The molecule has 0 bridgehead atoms. The van der Waals surface area contributed by atoms with Gasteiger partial charge >= 0.3 is 0 Å². The van der Waals surface area contributed by atoms with Crippen molar-refractivity contribution in [3.8, 4) is 45.3 Å². The lowest BCUT2D eigenvalue weighted by molar-refractivity contribution is 1.17. The molecule has 0 radical (unpaired) electrons. The summed E-state index contributed by atoms with van der Waals surface area (Å²) in [5.74, 6) is 0.768. The predicted octanol–water partition coefficient (Wildman–Crippen LogP) is 10.8. The van der Waals surface area contributed by atoms with Gasteiger partial charge in [0, 0.05) is 44.0 Å². The molecule has 0 unspecified atom stereocenters. The van der Waals surface area contributed by atoms with Crippen LogP contribution in [0, 0.1) is 0 Å². The van der Waals surface area contributed by atoms with Crippen LogP contribution in [-0.4, -0.2) is 27.2 Å². The van der Waals surface area contributed by atoms with Gasteiger partial charge in [-0.25, -0.2) is 9.97 Å². The third kappa shape index (κ3) is 4.29. The number of hydrogen-bond donors (Lipinski definition) is 0. The van der Waals surface area contributed by atoms with Gasteiger partial charge in [0.05, 0.1) is 33.5 Å². The molecule has 11 rings (SSSR count).